The van der Waals surface area contributed by atoms with Crippen molar-refractivity contribution in [1.29, 1.82) is 0 Å². The minimum Gasteiger partial charge on any atom is -0.478 e. The van der Waals surface area contributed by atoms with E-state index in [1.54, 1.807) is 0 Å². The van der Waals surface area contributed by atoms with Crippen molar-refractivity contribution in [2.75, 3.05) is 25.1 Å². The van der Waals surface area contributed by atoms with Crippen LogP contribution in [0.15, 0.2) is 6.07 Å². The smallest absolute Gasteiger partial charge is 0.228 e. The molecule has 0 aliphatic carbocycles. The Balaban J connectivity index is 2.74. The van der Waals surface area contributed by atoms with Gasteiger partial charge in [-0.15, -0.1) is 11.6 Å². The maximum Gasteiger partial charge on any atom is 0.228 e. The van der Waals surface area contributed by atoms with Crippen molar-refractivity contribution in [2.24, 2.45) is 0 Å². The number of alkyl halides is 1. The van der Waals surface area contributed by atoms with Gasteiger partial charge in [-0.05, 0) is 27.2 Å². The van der Waals surface area contributed by atoms with Gasteiger partial charge in [0.15, 0.2) is 0 Å². The maximum atomic E-state index is 5.93. The highest BCUT2D eigenvalue weighted by Crippen LogP contribution is 2.15. The van der Waals surface area contributed by atoms with Gasteiger partial charge in [0, 0.05) is 30.7 Å². The Morgan fingerprint density at radius 1 is 1.47 bits per heavy atom. The monoisotopic (exact) mass is 257 g/mol. The Labute approximate surface area is 108 Å². The lowest BCUT2D eigenvalue weighted by Crippen LogP contribution is -2.23. The topological polar surface area (TPSA) is 38.2 Å². The summed E-state index contributed by atoms with van der Waals surface area (Å²) in [4.78, 5) is 10.7. The van der Waals surface area contributed by atoms with Gasteiger partial charge in [0.2, 0.25) is 11.8 Å². The van der Waals surface area contributed by atoms with E-state index < -0.39 is 0 Å². The Morgan fingerprint density at radius 3 is 2.76 bits per heavy atom. The van der Waals surface area contributed by atoms with Crippen molar-refractivity contribution >= 4 is 17.5 Å². The van der Waals surface area contributed by atoms with E-state index >= 15 is 0 Å². The second-order valence-corrected chi connectivity index (χ2v) is 4.82. The van der Waals surface area contributed by atoms with E-state index in [0.29, 0.717) is 18.4 Å². The third-order valence-electron chi connectivity index (χ3n) is 2.31. The molecule has 0 amide bonds. The van der Waals surface area contributed by atoms with Gasteiger partial charge >= 0.3 is 0 Å². The lowest BCUT2D eigenvalue weighted by atomic mass is 10.3. The van der Waals surface area contributed by atoms with Gasteiger partial charge in [-0.2, -0.15) is 4.98 Å². The first kappa shape index (κ1) is 14.0. The molecule has 1 aromatic heterocycles. The number of aromatic nitrogens is 2. The van der Waals surface area contributed by atoms with Crippen LogP contribution in [0.1, 0.15) is 26.0 Å². The molecule has 96 valence electrons. The third-order valence-corrected chi connectivity index (χ3v) is 2.53. The molecule has 1 heterocycles. The Kier molecular flexibility index (Phi) is 5.48. The van der Waals surface area contributed by atoms with Crippen molar-refractivity contribution < 1.29 is 4.74 Å². The highest BCUT2D eigenvalue weighted by atomic mass is 35.5. The van der Waals surface area contributed by atoms with Gasteiger partial charge in [0.1, 0.15) is 0 Å². The molecule has 0 bridgehead atoms. The molecule has 4 nitrogen and oxygen atoms in total. The quantitative estimate of drug-likeness (QED) is 0.735. The Morgan fingerprint density at radius 2 is 2.18 bits per heavy atom. The van der Waals surface area contributed by atoms with E-state index in [1.807, 2.05) is 38.8 Å². The molecule has 1 rings (SSSR count). The van der Waals surface area contributed by atoms with Crippen LogP contribution in [0.4, 0.5) is 5.95 Å². The van der Waals surface area contributed by atoms with Crippen LogP contribution in [-0.4, -0.2) is 35.5 Å². The van der Waals surface area contributed by atoms with Gasteiger partial charge in [0.05, 0.1) is 6.61 Å². The summed E-state index contributed by atoms with van der Waals surface area (Å²) in [6.45, 7) is 7.30. The molecule has 0 spiro atoms. The first-order chi connectivity index (χ1) is 8.02. The van der Waals surface area contributed by atoms with Gasteiger partial charge in [-0.3, -0.25) is 0 Å². The number of anilines is 1. The second-order valence-electron chi connectivity index (χ2n) is 4.07. The van der Waals surface area contributed by atoms with Crippen LogP contribution in [0.25, 0.3) is 0 Å². The zero-order chi connectivity index (χ0) is 12.8. The van der Waals surface area contributed by atoms with Crippen LogP contribution in [0.5, 0.6) is 5.88 Å². The molecule has 0 aliphatic rings. The van der Waals surface area contributed by atoms with Crippen LogP contribution in [0, 0.1) is 6.92 Å². The van der Waals surface area contributed by atoms with E-state index in [1.165, 1.54) is 0 Å². The average Bonchev–Trinajstić information content (AvgIpc) is 2.25. The van der Waals surface area contributed by atoms with E-state index in [0.717, 1.165) is 18.7 Å². The number of nitrogens with zero attached hydrogens (tertiary/aromatic N) is 3. The lowest BCUT2D eigenvalue weighted by Gasteiger charge is -2.18. The number of ether oxygens (including phenoxy) is 1. The number of aryl methyl sites for hydroxylation is 1. The Bertz CT molecular complexity index is 358. The minimum atomic E-state index is 0.161. The molecule has 1 unspecified atom stereocenters. The number of hydrogen-bond donors (Lipinski definition) is 0. The zero-order valence-corrected chi connectivity index (χ0v) is 11.7. The summed E-state index contributed by atoms with van der Waals surface area (Å²) in [6.07, 6.45) is 0.902. The fourth-order valence-corrected chi connectivity index (χ4v) is 1.49. The molecule has 0 aliphatic heterocycles. The minimum absolute atomic E-state index is 0.161. The molecule has 17 heavy (non-hydrogen) atoms. The van der Waals surface area contributed by atoms with Gasteiger partial charge in [0.25, 0.3) is 0 Å². The van der Waals surface area contributed by atoms with E-state index in [4.69, 9.17) is 16.3 Å². The van der Waals surface area contributed by atoms with Gasteiger partial charge in [-0.25, -0.2) is 4.98 Å². The molecule has 0 radical (unpaired) electrons. The van der Waals surface area contributed by atoms with Gasteiger partial charge < -0.3 is 9.64 Å². The first-order valence-electron chi connectivity index (χ1n) is 5.86. The fraction of sp³-hybridized carbons (Fsp3) is 0.667. The molecule has 5 heteroatoms. The largest absolute Gasteiger partial charge is 0.478 e. The molecule has 1 aromatic rings. The summed E-state index contributed by atoms with van der Waals surface area (Å²) in [5, 5.41) is 0.161. The van der Waals surface area contributed by atoms with Crippen molar-refractivity contribution in [3.05, 3.63) is 11.8 Å². The highest BCUT2D eigenvalue weighted by molar-refractivity contribution is 6.20. The summed E-state index contributed by atoms with van der Waals surface area (Å²) in [7, 11) is 1.96. The van der Waals surface area contributed by atoms with Crippen molar-refractivity contribution in [3.8, 4) is 5.88 Å². The fourth-order valence-electron chi connectivity index (χ4n) is 1.39. The standard InChI is InChI=1S/C12H20ClN3O/c1-5-17-11-8-10(3)14-12(15-11)16(4)7-6-9(2)13/h8-9H,5-7H2,1-4H3. The number of halogens is 1. The zero-order valence-electron chi connectivity index (χ0n) is 10.9. The average molecular weight is 258 g/mol. The molecule has 0 N–H and O–H groups in total. The molecule has 0 saturated heterocycles. The number of rotatable bonds is 6. The van der Waals surface area contributed by atoms with E-state index in [2.05, 4.69) is 9.97 Å². The van der Waals surface area contributed by atoms with Crippen molar-refractivity contribution in [3.63, 3.8) is 0 Å². The molecular weight excluding hydrogens is 238 g/mol. The van der Waals surface area contributed by atoms with Crippen LogP contribution >= 0.6 is 11.6 Å². The van der Waals surface area contributed by atoms with Crippen LogP contribution in [0.2, 0.25) is 0 Å². The molecule has 0 saturated carbocycles. The predicted octanol–water partition coefficient (Wildman–Crippen LogP) is 2.64. The van der Waals surface area contributed by atoms with E-state index in [9.17, 15) is 0 Å². The van der Waals surface area contributed by atoms with Gasteiger partial charge in [-0.1, -0.05) is 0 Å². The summed E-state index contributed by atoms with van der Waals surface area (Å²) >= 11 is 5.93. The molecule has 0 aromatic carbocycles. The van der Waals surface area contributed by atoms with Crippen molar-refractivity contribution in [2.45, 2.75) is 32.6 Å². The highest BCUT2D eigenvalue weighted by Gasteiger charge is 2.08. The predicted molar refractivity (Wildman–Crippen MR) is 71.1 cm³/mol. The summed E-state index contributed by atoms with van der Waals surface area (Å²) < 4.78 is 5.40. The molecule has 1 atom stereocenters. The lowest BCUT2D eigenvalue weighted by molar-refractivity contribution is 0.326. The molecular formula is C12H20ClN3O. The van der Waals surface area contributed by atoms with Crippen LogP contribution in [0.3, 0.4) is 0 Å². The maximum absolute atomic E-state index is 5.93. The summed E-state index contributed by atoms with van der Waals surface area (Å²) in [5.41, 5.74) is 0.907. The summed E-state index contributed by atoms with van der Waals surface area (Å²) in [6, 6.07) is 1.84. The first-order valence-corrected chi connectivity index (χ1v) is 6.30. The Hall–Kier alpha value is -1.03. The van der Waals surface area contributed by atoms with E-state index in [-0.39, 0.29) is 5.38 Å². The van der Waals surface area contributed by atoms with Crippen molar-refractivity contribution in [1.82, 2.24) is 9.97 Å². The third kappa shape index (κ3) is 4.77. The SMILES string of the molecule is CCOc1cc(C)nc(N(C)CCC(C)Cl)n1. The second kappa shape index (κ2) is 6.64. The normalized spacial score (nSPS) is 12.3. The molecule has 0 fully saturated rings. The van der Waals surface area contributed by atoms with Crippen LogP contribution < -0.4 is 9.64 Å². The summed E-state index contributed by atoms with van der Waals surface area (Å²) in [5.74, 6) is 1.31. The number of hydrogen-bond acceptors (Lipinski definition) is 4. The van der Waals surface area contributed by atoms with Crippen LogP contribution in [-0.2, 0) is 0 Å².